The first kappa shape index (κ1) is 22.5. The molecule has 0 amide bonds. The Kier molecular flexibility index (Phi) is 17.0. The highest BCUT2D eigenvalue weighted by molar-refractivity contribution is 5.85. The fraction of sp³-hybridized carbons (Fsp3) is 0.500. The molecule has 0 saturated carbocycles. The van der Waals surface area contributed by atoms with Gasteiger partial charge in [0.15, 0.2) is 0 Å². The molecule has 7 nitrogen and oxygen atoms in total. The third kappa shape index (κ3) is 22.0. The van der Waals surface area contributed by atoms with Gasteiger partial charge < -0.3 is 25.5 Å². The average molecular weight is 278 g/mol. The van der Waals surface area contributed by atoms with Gasteiger partial charge in [0.05, 0.1) is 19.8 Å². The number of aliphatic carboxylic acids is 2. The zero-order valence-electron chi connectivity index (χ0n) is 11.2. The van der Waals surface area contributed by atoms with Crippen molar-refractivity contribution in [3.63, 3.8) is 0 Å². The molecule has 19 heavy (non-hydrogen) atoms. The highest BCUT2D eigenvalue weighted by atomic mass is 16.4. The minimum absolute atomic E-state index is 0.146. The summed E-state index contributed by atoms with van der Waals surface area (Å²) in [5.41, 5.74) is 0.352. The summed E-state index contributed by atoms with van der Waals surface area (Å²) in [5.74, 6) is -2.22. The second-order valence-corrected chi connectivity index (χ2v) is 3.58. The van der Waals surface area contributed by atoms with Gasteiger partial charge in [0.1, 0.15) is 0 Å². The minimum Gasteiger partial charge on any atom is -0.478 e. The standard InChI is InChI=1S/C4H10O3.2C4H6O2/c5-1-4(2-6)3-7;2*1-3(2)4(5)6/h4-7H,1-3H2;2*1H2,2H3,(H,5,6). The molecule has 0 fully saturated rings. The van der Waals surface area contributed by atoms with Crippen LogP contribution in [0.25, 0.3) is 0 Å². The van der Waals surface area contributed by atoms with E-state index in [9.17, 15) is 9.59 Å². The topological polar surface area (TPSA) is 135 Å². The summed E-state index contributed by atoms with van der Waals surface area (Å²) in [4.78, 5) is 19.2. The Morgan fingerprint density at radius 2 is 1.00 bits per heavy atom. The molecule has 0 aliphatic rings. The van der Waals surface area contributed by atoms with Gasteiger partial charge in [0.2, 0.25) is 0 Å². The summed E-state index contributed by atoms with van der Waals surface area (Å²) in [5, 5.41) is 40.4. The SMILES string of the molecule is C=C(C)C(=O)O.C=C(C)C(=O)O.OCC(CO)CO. The van der Waals surface area contributed by atoms with E-state index in [1.807, 2.05) is 0 Å². The van der Waals surface area contributed by atoms with Crippen molar-refractivity contribution in [1.29, 1.82) is 0 Å². The maximum atomic E-state index is 9.60. The number of aliphatic hydroxyl groups excluding tert-OH is 3. The fourth-order valence-electron chi connectivity index (χ4n) is 0.173. The summed E-state index contributed by atoms with van der Waals surface area (Å²) < 4.78 is 0. The first-order valence-corrected chi connectivity index (χ1v) is 5.24. The molecule has 0 radical (unpaired) electrons. The molecule has 0 spiro atoms. The van der Waals surface area contributed by atoms with Gasteiger partial charge in [0.25, 0.3) is 0 Å². The van der Waals surface area contributed by atoms with Crippen molar-refractivity contribution in [1.82, 2.24) is 0 Å². The van der Waals surface area contributed by atoms with E-state index in [-0.39, 0.29) is 36.9 Å². The van der Waals surface area contributed by atoms with E-state index >= 15 is 0 Å². The molecule has 112 valence electrons. The van der Waals surface area contributed by atoms with Crippen molar-refractivity contribution in [2.75, 3.05) is 19.8 Å². The zero-order chi connectivity index (χ0) is 16.0. The molecule has 0 aromatic heterocycles. The molecule has 0 aliphatic carbocycles. The Morgan fingerprint density at radius 1 is 0.842 bits per heavy atom. The molecule has 0 heterocycles. The van der Waals surface area contributed by atoms with Crippen molar-refractivity contribution in [3.05, 3.63) is 24.3 Å². The summed E-state index contributed by atoms with van der Waals surface area (Å²) in [6.45, 7) is 8.77. The molecule has 0 aromatic rings. The Hall–Kier alpha value is -1.70. The van der Waals surface area contributed by atoms with E-state index in [0.717, 1.165) is 0 Å². The lowest BCUT2D eigenvalue weighted by Gasteiger charge is -2.02. The first-order chi connectivity index (χ1) is 8.63. The molecule has 0 bridgehead atoms. The lowest BCUT2D eigenvalue weighted by molar-refractivity contribution is -0.133. The summed E-state index contributed by atoms with van der Waals surface area (Å²) >= 11 is 0. The summed E-state index contributed by atoms with van der Waals surface area (Å²) in [6.07, 6.45) is 0. The van der Waals surface area contributed by atoms with Crippen LogP contribution in [-0.2, 0) is 9.59 Å². The van der Waals surface area contributed by atoms with Crippen molar-refractivity contribution >= 4 is 11.9 Å². The molecule has 0 atom stereocenters. The predicted octanol–water partition coefficient (Wildman–Crippen LogP) is -0.126. The molecular formula is C12H22O7. The number of hydrogen-bond donors (Lipinski definition) is 5. The van der Waals surface area contributed by atoms with Crippen LogP contribution >= 0.6 is 0 Å². The van der Waals surface area contributed by atoms with Gasteiger partial charge in [-0.05, 0) is 13.8 Å². The van der Waals surface area contributed by atoms with E-state index < -0.39 is 11.9 Å². The molecule has 0 aromatic carbocycles. The number of carbonyl (C=O) groups is 2. The lowest BCUT2D eigenvalue weighted by atomic mass is 10.2. The minimum atomic E-state index is -0.935. The molecule has 0 rings (SSSR count). The predicted molar refractivity (Wildman–Crippen MR) is 69.6 cm³/mol. The fourth-order valence-corrected chi connectivity index (χ4v) is 0.173. The third-order valence-corrected chi connectivity index (χ3v) is 1.50. The largest absolute Gasteiger partial charge is 0.478 e. The molecular weight excluding hydrogens is 256 g/mol. The van der Waals surface area contributed by atoms with Crippen LogP contribution in [0.2, 0.25) is 0 Å². The van der Waals surface area contributed by atoms with Crippen molar-refractivity contribution in [2.45, 2.75) is 13.8 Å². The number of aliphatic hydroxyl groups is 3. The normalized spacial score (nSPS) is 8.53. The van der Waals surface area contributed by atoms with Crippen LogP contribution in [0.5, 0.6) is 0 Å². The smallest absolute Gasteiger partial charge is 0.330 e. The van der Waals surface area contributed by atoms with Gasteiger partial charge in [-0.15, -0.1) is 0 Å². The molecule has 5 N–H and O–H groups in total. The second kappa shape index (κ2) is 14.4. The number of rotatable bonds is 5. The van der Waals surface area contributed by atoms with Crippen LogP contribution in [0, 0.1) is 5.92 Å². The number of carboxylic acids is 2. The summed E-state index contributed by atoms with van der Waals surface area (Å²) in [6, 6.07) is 0. The van der Waals surface area contributed by atoms with Crippen LogP contribution in [0.4, 0.5) is 0 Å². The summed E-state index contributed by atoms with van der Waals surface area (Å²) in [7, 11) is 0. The number of carboxylic acid groups (broad SMARTS) is 2. The molecule has 0 unspecified atom stereocenters. The van der Waals surface area contributed by atoms with Crippen LogP contribution in [0.3, 0.4) is 0 Å². The molecule has 7 heteroatoms. The van der Waals surface area contributed by atoms with Gasteiger partial charge in [-0.3, -0.25) is 0 Å². The Morgan fingerprint density at radius 3 is 1.00 bits per heavy atom. The van der Waals surface area contributed by atoms with Crippen LogP contribution in [0.15, 0.2) is 24.3 Å². The molecule has 0 aliphatic heterocycles. The number of hydrogen-bond acceptors (Lipinski definition) is 5. The van der Waals surface area contributed by atoms with Crippen molar-refractivity contribution < 1.29 is 35.1 Å². The van der Waals surface area contributed by atoms with Gasteiger partial charge in [0, 0.05) is 17.1 Å². The Bertz CT molecular complexity index is 239. The average Bonchev–Trinajstić information content (AvgIpc) is 2.32. The van der Waals surface area contributed by atoms with Gasteiger partial charge in [-0.1, -0.05) is 13.2 Å². The highest BCUT2D eigenvalue weighted by Gasteiger charge is 2.00. The van der Waals surface area contributed by atoms with Crippen molar-refractivity contribution in [2.24, 2.45) is 5.92 Å². The molecule has 0 saturated heterocycles. The van der Waals surface area contributed by atoms with E-state index in [4.69, 9.17) is 25.5 Å². The van der Waals surface area contributed by atoms with Gasteiger partial charge >= 0.3 is 11.9 Å². The van der Waals surface area contributed by atoms with Gasteiger partial charge in [-0.25, -0.2) is 9.59 Å². The van der Waals surface area contributed by atoms with Crippen LogP contribution in [-0.4, -0.2) is 57.3 Å². The Labute approximate surface area is 112 Å². The van der Waals surface area contributed by atoms with Crippen LogP contribution in [0.1, 0.15) is 13.8 Å². The quantitative estimate of drug-likeness (QED) is 0.442. The maximum absolute atomic E-state index is 9.60. The van der Waals surface area contributed by atoms with Crippen LogP contribution < -0.4 is 0 Å². The Balaban J connectivity index is -0.000000203. The monoisotopic (exact) mass is 278 g/mol. The highest BCUT2D eigenvalue weighted by Crippen LogP contribution is 1.87. The maximum Gasteiger partial charge on any atom is 0.330 e. The van der Waals surface area contributed by atoms with Crippen molar-refractivity contribution in [3.8, 4) is 0 Å². The third-order valence-electron chi connectivity index (χ3n) is 1.50. The van der Waals surface area contributed by atoms with E-state index in [1.165, 1.54) is 13.8 Å². The van der Waals surface area contributed by atoms with E-state index in [2.05, 4.69) is 13.2 Å². The first-order valence-electron chi connectivity index (χ1n) is 5.24. The van der Waals surface area contributed by atoms with Gasteiger partial charge in [-0.2, -0.15) is 0 Å². The zero-order valence-corrected chi connectivity index (χ0v) is 11.2. The van der Waals surface area contributed by atoms with E-state index in [0.29, 0.717) is 0 Å². The second-order valence-electron chi connectivity index (χ2n) is 3.58. The lowest BCUT2D eigenvalue weighted by Crippen LogP contribution is -2.14. The van der Waals surface area contributed by atoms with E-state index in [1.54, 1.807) is 0 Å².